The van der Waals surface area contributed by atoms with Crippen LogP contribution in [0.5, 0.6) is 0 Å². The molecule has 0 rings (SSSR count). The van der Waals surface area contributed by atoms with Crippen molar-refractivity contribution in [3.63, 3.8) is 0 Å². The Balaban J connectivity index is 0. The average Bonchev–Trinajstić information content (AvgIpc) is 1.41. The standard InChI is InChI=1S/Ac.H3NO4/c;2-1-4-5-3/h;1-3H. The molecule has 0 bridgehead atoms. The van der Waals surface area contributed by atoms with Crippen molar-refractivity contribution in [2.45, 2.75) is 0 Å². The quantitative estimate of drug-likeness (QED) is 0.465. The van der Waals surface area contributed by atoms with Gasteiger partial charge in [0.1, 0.15) is 0 Å². The van der Waals surface area contributed by atoms with E-state index >= 15 is 0 Å². The Labute approximate surface area is 69.6 Å². The summed E-state index contributed by atoms with van der Waals surface area (Å²) in [7, 11) is 0. The Morgan fingerprint density at radius 1 is 1.50 bits per heavy atom. The first-order chi connectivity index (χ1) is 2.41. The van der Waals surface area contributed by atoms with E-state index < -0.39 is 0 Å². The molecule has 0 saturated carbocycles. The zero-order valence-corrected chi connectivity index (χ0v) is 7.53. The van der Waals surface area contributed by atoms with E-state index in [1.807, 2.05) is 0 Å². The van der Waals surface area contributed by atoms with Crippen LogP contribution in [0.4, 0.5) is 0 Å². The third-order valence-electron chi connectivity index (χ3n) is 0.0745. The van der Waals surface area contributed by atoms with Gasteiger partial charge in [0.15, 0.2) is 0 Å². The van der Waals surface area contributed by atoms with Crippen molar-refractivity contribution in [3.05, 3.63) is 0 Å². The molecule has 6 heteroatoms. The van der Waals surface area contributed by atoms with Gasteiger partial charge in [0, 0.05) is 44.1 Å². The Morgan fingerprint density at radius 2 is 2.00 bits per heavy atom. The fourth-order valence-corrected chi connectivity index (χ4v) is 0.0167. The molecular weight excluding hydrogens is 305 g/mol. The van der Waals surface area contributed by atoms with Crippen molar-refractivity contribution in [3.8, 4) is 0 Å². The monoisotopic (exact) mass is 308 g/mol. The summed E-state index contributed by atoms with van der Waals surface area (Å²) in [6, 6.07) is 0. The molecule has 0 atom stereocenters. The van der Waals surface area contributed by atoms with Gasteiger partial charge in [-0.25, -0.2) is 5.26 Å². The average molecular weight is 308 g/mol. The molecule has 0 spiro atoms. The van der Waals surface area contributed by atoms with Crippen molar-refractivity contribution >= 4 is 0 Å². The molecule has 0 heterocycles. The van der Waals surface area contributed by atoms with Gasteiger partial charge in [0.25, 0.3) is 0 Å². The second kappa shape index (κ2) is 9.53. The minimum atomic E-state index is 0. The van der Waals surface area contributed by atoms with Crippen molar-refractivity contribution in [2.75, 3.05) is 0 Å². The first-order valence-corrected chi connectivity index (χ1v) is 0.777. The zero-order chi connectivity index (χ0) is 4.12. The maximum Gasteiger partial charge on any atom is 0 e. The minimum Gasteiger partial charge on any atom is -0.290 e. The molecule has 6 heavy (non-hydrogen) atoms. The van der Waals surface area contributed by atoms with Crippen LogP contribution >= 0.6 is 0 Å². The van der Waals surface area contributed by atoms with Gasteiger partial charge in [-0.2, -0.15) is 0 Å². The van der Waals surface area contributed by atoms with Crippen LogP contribution in [0, 0.1) is 44.1 Å². The zero-order valence-electron chi connectivity index (χ0n) is 2.79. The smallest absolute Gasteiger partial charge is 0 e. The van der Waals surface area contributed by atoms with Crippen molar-refractivity contribution < 1.29 is 64.6 Å². The molecular formula is H3AcNO4. The van der Waals surface area contributed by atoms with Crippen LogP contribution in [0.1, 0.15) is 0 Å². The summed E-state index contributed by atoms with van der Waals surface area (Å²) in [5, 5.41) is 17.3. The van der Waals surface area contributed by atoms with Gasteiger partial charge in [-0.1, -0.05) is 4.99 Å². The van der Waals surface area contributed by atoms with Gasteiger partial charge >= 0.3 is 0 Å². The van der Waals surface area contributed by atoms with Crippen LogP contribution in [0.2, 0.25) is 0 Å². The molecule has 0 aromatic heterocycles. The number of rotatable bonds is 2. The molecule has 35 valence electrons. The topological polar surface area (TPSA) is 71.0 Å². The van der Waals surface area contributed by atoms with Crippen molar-refractivity contribution in [1.82, 2.24) is 5.64 Å². The summed E-state index contributed by atoms with van der Waals surface area (Å²) in [5.41, 5.74) is 1.05. The summed E-state index contributed by atoms with van der Waals surface area (Å²) in [5.74, 6) is 0. The molecule has 0 aliphatic heterocycles. The summed E-state index contributed by atoms with van der Waals surface area (Å²) >= 11 is 0. The molecule has 0 aliphatic carbocycles. The SMILES string of the molecule is ONOOO.[Ac]. The summed E-state index contributed by atoms with van der Waals surface area (Å²) in [6.07, 6.45) is 0. The maximum atomic E-state index is 7.31. The van der Waals surface area contributed by atoms with Crippen molar-refractivity contribution in [2.24, 2.45) is 0 Å². The molecule has 0 aromatic rings. The normalized spacial score (nSPS) is 7.00. The molecule has 0 aromatic carbocycles. The molecule has 5 nitrogen and oxygen atoms in total. The third kappa shape index (κ3) is 8.97. The Hall–Kier alpha value is 1.24. The van der Waals surface area contributed by atoms with Crippen LogP contribution in [-0.4, -0.2) is 10.5 Å². The van der Waals surface area contributed by atoms with E-state index in [2.05, 4.69) is 10.0 Å². The molecule has 1 radical (unpaired) electrons. The van der Waals surface area contributed by atoms with E-state index in [1.54, 1.807) is 0 Å². The second-order valence-corrected chi connectivity index (χ2v) is 0.249. The van der Waals surface area contributed by atoms with E-state index in [4.69, 9.17) is 10.5 Å². The maximum absolute atomic E-state index is 7.31. The van der Waals surface area contributed by atoms with E-state index in [-0.39, 0.29) is 44.1 Å². The van der Waals surface area contributed by atoms with E-state index in [1.165, 1.54) is 0 Å². The van der Waals surface area contributed by atoms with Gasteiger partial charge in [-0.15, -0.1) is 0 Å². The van der Waals surface area contributed by atoms with Crippen LogP contribution in [0.15, 0.2) is 0 Å². The van der Waals surface area contributed by atoms with E-state index in [0.29, 0.717) is 0 Å². The minimum absolute atomic E-state index is 0. The molecule has 0 saturated heterocycles. The van der Waals surface area contributed by atoms with Crippen LogP contribution in [0.3, 0.4) is 0 Å². The molecule has 0 amide bonds. The van der Waals surface area contributed by atoms with Crippen molar-refractivity contribution in [1.29, 1.82) is 0 Å². The Kier molecular flexibility index (Phi) is 16.3. The van der Waals surface area contributed by atoms with Gasteiger partial charge in [0.2, 0.25) is 0 Å². The third-order valence-corrected chi connectivity index (χ3v) is 0.0745. The predicted octanol–water partition coefficient (Wildman–Crippen LogP) is -0.699. The summed E-state index contributed by atoms with van der Waals surface area (Å²) in [4.78, 5) is 3.19. The Bertz CT molecular complexity index is 15.0. The predicted molar refractivity (Wildman–Crippen MR) is 9.72 cm³/mol. The largest absolute Gasteiger partial charge is 0.290 e. The van der Waals surface area contributed by atoms with Gasteiger partial charge in [-0.3, -0.25) is 5.21 Å². The van der Waals surface area contributed by atoms with E-state index in [0.717, 1.165) is 5.64 Å². The molecule has 0 fully saturated rings. The number of nitrogens with one attached hydrogen (secondary N) is 1. The fraction of sp³-hybridized carbons (Fsp3) is 0. The van der Waals surface area contributed by atoms with Crippen LogP contribution < -0.4 is 5.64 Å². The fourth-order valence-electron chi connectivity index (χ4n) is 0.0167. The first kappa shape index (κ1) is 10.3. The molecule has 3 N–H and O–H groups in total. The van der Waals surface area contributed by atoms with Crippen LogP contribution in [0.25, 0.3) is 0 Å². The van der Waals surface area contributed by atoms with E-state index in [9.17, 15) is 0 Å². The summed E-state index contributed by atoms with van der Waals surface area (Å²) in [6.45, 7) is 0. The number of hydrogen-bond acceptors (Lipinski definition) is 5. The van der Waals surface area contributed by atoms with Gasteiger partial charge in [-0.05, 0) is 10.7 Å². The molecule has 0 unspecified atom stereocenters. The van der Waals surface area contributed by atoms with Gasteiger partial charge < -0.3 is 0 Å². The molecule has 0 aliphatic rings. The summed E-state index contributed by atoms with van der Waals surface area (Å²) < 4.78 is 0. The Morgan fingerprint density at radius 3 is 2.00 bits per heavy atom. The number of hydrogen-bond donors (Lipinski definition) is 3. The van der Waals surface area contributed by atoms with Gasteiger partial charge in [0.05, 0.1) is 0 Å². The first-order valence-electron chi connectivity index (χ1n) is 0.777. The van der Waals surface area contributed by atoms with Crippen LogP contribution in [-0.2, 0) is 10.0 Å². The second-order valence-electron chi connectivity index (χ2n) is 0.249.